The van der Waals surface area contributed by atoms with E-state index in [2.05, 4.69) is 16.0 Å². The van der Waals surface area contributed by atoms with Gasteiger partial charge < -0.3 is 10.1 Å². The van der Waals surface area contributed by atoms with Crippen LogP contribution in [0.1, 0.15) is 51.4 Å². The molecule has 0 aliphatic carbocycles. The third-order valence-electron chi connectivity index (χ3n) is 5.60. The highest BCUT2D eigenvalue weighted by molar-refractivity contribution is 7.85. The molecule has 29 heavy (non-hydrogen) atoms. The van der Waals surface area contributed by atoms with E-state index in [4.69, 9.17) is 4.74 Å². The van der Waals surface area contributed by atoms with E-state index in [9.17, 15) is 9.00 Å². The Morgan fingerprint density at radius 3 is 2.48 bits per heavy atom. The Labute approximate surface area is 177 Å². The number of rotatable bonds is 13. The van der Waals surface area contributed by atoms with Crippen LogP contribution in [0.4, 0.5) is 0 Å². The summed E-state index contributed by atoms with van der Waals surface area (Å²) in [5.74, 6) is 2.64. The second-order valence-corrected chi connectivity index (χ2v) is 9.59. The number of amides is 1. The zero-order chi connectivity index (χ0) is 20.3. The summed E-state index contributed by atoms with van der Waals surface area (Å²) in [7, 11) is -0.659. The number of carbonyl (C=O) groups excluding carboxylic acids is 1. The predicted octanol–water partition coefficient (Wildman–Crippen LogP) is 2.32. The van der Waals surface area contributed by atoms with E-state index in [0.29, 0.717) is 24.7 Å². The molecule has 7 heteroatoms. The molecule has 2 atom stereocenters. The smallest absolute Gasteiger partial charge is 0.219 e. The summed E-state index contributed by atoms with van der Waals surface area (Å²) in [6.07, 6.45) is 8.21. The Morgan fingerprint density at radius 1 is 1.00 bits per heavy atom. The highest BCUT2D eigenvalue weighted by Crippen LogP contribution is 2.18. The van der Waals surface area contributed by atoms with Crippen molar-refractivity contribution in [2.45, 2.75) is 69.6 Å². The minimum atomic E-state index is -0.659. The van der Waals surface area contributed by atoms with Gasteiger partial charge in [-0.1, -0.05) is 37.5 Å². The molecule has 6 nitrogen and oxygen atoms in total. The largest absolute Gasteiger partial charge is 0.494 e. The van der Waals surface area contributed by atoms with Crippen molar-refractivity contribution in [3.8, 4) is 5.75 Å². The number of para-hydroxylation sites is 1. The Bertz CT molecular complexity index is 627. The number of hydrogen-bond acceptors (Lipinski definition) is 5. The molecule has 2 saturated heterocycles. The normalized spacial score (nSPS) is 25.7. The highest BCUT2D eigenvalue weighted by Gasteiger charge is 2.39. The van der Waals surface area contributed by atoms with Crippen molar-refractivity contribution >= 4 is 16.7 Å². The van der Waals surface area contributed by atoms with Gasteiger partial charge >= 0.3 is 0 Å². The fraction of sp³-hybridized carbons (Fsp3) is 0.682. The van der Waals surface area contributed by atoms with Gasteiger partial charge in [-0.15, -0.1) is 0 Å². The Balaban J connectivity index is 1.09. The molecular formula is C22H35N3O3S. The summed E-state index contributed by atoms with van der Waals surface area (Å²) in [4.78, 5) is 11.9. The van der Waals surface area contributed by atoms with Gasteiger partial charge in [0.1, 0.15) is 5.75 Å². The molecule has 2 heterocycles. The minimum absolute atomic E-state index is 0.164. The number of fused-ring (bicyclic) bond motifs is 1. The molecule has 0 bridgehead atoms. The SMILES string of the molecule is O=C(CCCCC1NC2CS(=O)CC2N1)NCCCCCCOc1ccccc1. The van der Waals surface area contributed by atoms with Gasteiger partial charge in [0.15, 0.2) is 0 Å². The first kappa shape index (κ1) is 22.2. The van der Waals surface area contributed by atoms with Crippen LogP contribution in [0.15, 0.2) is 30.3 Å². The third-order valence-corrected chi connectivity index (χ3v) is 7.06. The number of hydrogen-bond donors (Lipinski definition) is 3. The summed E-state index contributed by atoms with van der Waals surface area (Å²) in [5, 5.41) is 10.1. The molecule has 2 aliphatic heterocycles. The van der Waals surface area contributed by atoms with Crippen LogP contribution in [0.5, 0.6) is 5.75 Å². The first-order chi connectivity index (χ1) is 14.2. The van der Waals surface area contributed by atoms with Crippen molar-refractivity contribution in [3.63, 3.8) is 0 Å². The highest BCUT2D eigenvalue weighted by atomic mass is 32.2. The summed E-state index contributed by atoms with van der Waals surface area (Å²) < 4.78 is 17.2. The van der Waals surface area contributed by atoms with E-state index in [1.54, 1.807) is 0 Å². The van der Waals surface area contributed by atoms with Crippen LogP contribution in [0.2, 0.25) is 0 Å². The maximum Gasteiger partial charge on any atom is 0.219 e. The number of unbranched alkanes of at least 4 members (excludes halogenated alkanes) is 4. The molecular weight excluding hydrogens is 386 g/mol. The van der Waals surface area contributed by atoms with Crippen LogP contribution < -0.4 is 20.7 Å². The zero-order valence-corrected chi connectivity index (χ0v) is 18.1. The van der Waals surface area contributed by atoms with E-state index in [-0.39, 0.29) is 5.91 Å². The van der Waals surface area contributed by atoms with Gasteiger partial charge in [-0.25, -0.2) is 0 Å². The van der Waals surface area contributed by atoms with E-state index in [0.717, 1.165) is 75.4 Å². The second kappa shape index (κ2) is 12.3. The fourth-order valence-electron chi connectivity index (χ4n) is 4.00. The van der Waals surface area contributed by atoms with Gasteiger partial charge in [-0.05, 0) is 37.8 Å². The lowest BCUT2D eigenvalue weighted by molar-refractivity contribution is -0.121. The van der Waals surface area contributed by atoms with Crippen molar-refractivity contribution in [2.75, 3.05) is 24.7 Å². The van der Waals surface area contributed by atoms with Crippen LogP contribution in [-0.4, -0.2) is 53.0 Å². The monoisotopic (exact) mass is 421 g/mol. The number of nitrogens with one attached hydrogen (secondary N) is 3. The first-order valence-corrected chi connectivity index (χ1v) is 12.5. The van der Waals surface area contributed by atoms with Crippen LogP contribution in [0, 0.1) is 0 Å². The van der Waals surface area contributed by atoms with Crippen LogP contribution >= 0.6 is 0 Å². The Hall–Kier alpha value is -1.44. The maximum absolute atomic E-state index is 11.9. The third kappa shape index (κ3) is 8.07. The summed E-state index contributed by atoms with van der Waals surface area (Å²) in [6.45, 7) is 1.52. The molecule has 3 N–H and O–H groups in total. The van der Waals surface area contributed by atoms with Crippen LogP contribution in [-0.2, 0) is 15.6 Å². The molecule has 0 radical (unpaired) electrons. The van der Waals surface area contributed by atoms with E-state index in [1.165, 1.54) is 0 Å². The van der Waals surface area contributed by atoms with Crippen molar-refractivity contribution in [2.24, 2.45) is 0 Å². The van der Waals surface area contributed by atoms with Crippen molar-refractivity contribution in [3.05, 3.63) is 30.3 Å². The van der Waals surface area contributed by atoms with Gasteiger partial charge in [-0.2, -0.15) is 0 Å². The molecule has 2 aliphatic rings. The molecule has 0 spiro atoms. The zero-order valence-electron chi connectivity index (χ0n) is 17.2. The summed E-state index contributed by atoms with van der Waals surface area (Å²) >= 11 is 0. The molecule has 1 aromatic rings. The first-order valence-electron chi connectivity index (χ1n) is 11.0. The molecule has 0 aromatic heterocycles. The molecule has 2 fully saturated rings. The van der Waals surface area contributed by atoms with E-state index >= 15 is 0 Å². The van der Waals surface area contributed by atoms with Gasteiger partial charge in [0.2, 0.25) is 5.91 Å². The number of carbonyl (C=O) groups is 1. The average molecular weight is 422 g/mol. The van der Waals surface area contributed by atoms with Crippen LogP contribution in [0.25, 0.3) is 0 Å². The van der Waals surface area contributed by atoms with Crippen molar-refractivity contribution < 1.29 is 13.7 Å². The molecule has 1 amide bonds. The fourth-order valence-corrected chi connectivity index (χ4v) is 5.59. The molecule has 2 unspecified atom stereocenters. The summed E-state index contributed by atoms with van der Waals surface area (Å²) in [6, 6.07) is 10.6. The van der Waals surface area contributed by atoms with Gasteiger partial charge in [0.05, 0.1) is 12.8 Å². The van der Waals surface area contributed by atoms with E-state index < -0.39 is 10.8 Å². The topological polar surface area (TPSA) is 79.5 Å². The molecule has 3 rings (SSSR count). The number of benzene rings is 1. The van der Waals surface area contributed by atoms with Crippen molar-refractivity contribution in [1.29, 1.82) is 0 Å². The lowest BCUT2D eigenvalue weighted by Crippen LogP contribution is -2.35. The van der Waals surface area contributed by atoms with Crippen molar-refractivity contribution in [1.82, 2.24) is 16.0 Å². The lowest BCUT2D eigenvalue weighted by Gasteiger charge is -2.13. The van der Waals surface area contributed by atoms with E-state index in [1.807, 2.05) is 30.3 Å². The number of ether oxygens (including phenoxy) is 1. The Kier molecular flexibility index (Phi) is 9.44. The van der Waals surface area contributed by atoms with Gasteiger partial charge in [-0.3, -0.25) is 19.6 Å². The molecule has 1 aromatic carbocycles. The van der Waals surface area contributed by atoms with Gasteiger partial charge in [0.25, 0.3) is 0 Å². The lowest BCUT2D eigenvalue weighted by atomic mass is 10.1. The maximum atomic E-state index is 11.9. The van der Waals surface area contributed by atoms with Gasteiger partial charge in [0, 0.05) is 47.4 Å². The molecule has 162 valence electrons. The quantitative estimate of drug-likeness (QED) is 0.426. The molecule has 0 saturated carbocycles. The average Bonchev–Trinajstić information content (AvgIpc) is 3.25. The Morgan fingerprint density at radius 2 is 1.72 bits per heavy atom. The second-order valence-electron chi connectivity index (χ2n) is 8.04. The standard InChI is InChI=1S/C22H35N3O3S/c26-22(13-7-6-12-21-24-19-16-29(27)17-20(19)25-21)23-14-8-1-2-9-15-28-18-10-4-3-5-11-18/h3-5,10-11,19-21,24-25H,1-2,6-9,12-17H2,(H,23,26). The van der Waals surface area contributed by atoms with Crippen LogP contribution in [0.3, 0.4) is 0 Å². The minimum Gasteiger partial charge on any atom is -0.494 e. The summed E-state index contributed by atoms with van der Waals surface area (Å²) in [5.41, 5.74) is 0. The predicted molar refractivity (Wildman–Crippen MR) is 117 cm³/mol.